The number of hydrogen-bond donors (Lipinski definition) is 1. The minimum absolute atomic E-state index is 0.283. The molecule has 21 heavy (non-hydrogen) atoms. The van der Waals surface area contributed by atoms with Gasteiger partial charge in [0.15, 0.2) is 6.10 Å². The lowest BCUT2D eigenvalue weighted by Gasteiger charge is -2.14. The number of rotatable bonds is 9. The highest BCUT2D eigenvalue weighted by Crippen LogP contribution is 2.09. The molecule has 1 atom stereocenters. The molecule has 0 aromatic heterocycles. The number of nitrogens with zero attached hydrogens (tertiary/aromatic N) is 1. The summed E-state index contributed by atoms with van der Waals surface area (Å²) in [7, 11) is 0. The Kier molecular flexibility index (Phi) is 6.86. The Hall–Kier alpha value is -2.44. The van der Waals surface area contributed by atoms with E-state index >= 15 is 0 Å². The van der Waals surface area contributed by atoms with Crippen LogP contribution in [0.15, 0.2) is 30.3 Å². The molecule has 0 fully saturated rings. The van der Waals surface area contributed by atoms with E-state index in [0.717, 1.165) is 5.56 Å². The number of carboxylic acid groups (broad SMARTS) is 1. The third-order valence-electron chi connectivity index (χ3n) is 2.79. The zero-order chi connectivity index (χ0) is 15.7. The Morgan fingerprint density at radius 3 is 2.48 bits per heavy atom. The molecular weight excluding hydrogens is 278 g/mol. The quantitative estimate of drug-likeness (QED) is 0.422. The second-order valence-corrected chi connectivity index (χ2v) is 4.55. The predicted octanol–water partition coefficient (Wildman–Crippen LogP) is 1.67. The SMILES string of the molecule is O=C(O)CCC(=O)O[C@@H](CCc1ccccc1)C[N+](=O)[O-]. The Morgan fingerprint density at radius 2 is 1.90 bits per heavy atom. The van der Waals surface area contributed by atoms with Crippen molar-refractivity contribution in [3.8, 4) is 0 Å². The number of esters is 1. The van der Waals surface area contributed by atoms with Crippen LogP contribution >= 0.6 is 0 Å². The summed E-state index contributed by atoms with van der Waals surface area (Å²) in [5.41, 5.74) is 0.993. The van der Waals surface area contributed by atoms with Crippen LogP contribution in [0.2, 0.25) is 0 Å². The molecule has 7 nitrogen and oxygen atoms in total. The Balaban J connectivity index is 2.49. The number of hydrogen-bond acceptors (Lipinski definition) is 5. The summed E-state index contributed by atoms with van der Waals surface area (Å²) < 4.78 is 4.99. The number of carboxylic acids is 1. The van der Waals surface area contributed by atoms with Crippen molar-refractivity contribution in [2.24, 2.45) is 0 Å². The maximum Gasteiger partial charge on any atom is 0.306 e. The van der Waals surface area contributed by atoms with Crippen LogP contribution in [0, 0.1) is 10.1 Å². The summed E-state index contributed by atoms with van der Waals surface area (Å²) in [6.45, 7) is -0.481. The number of ether oxygens (including phenoxy) is 1. The second-order valence-electron chi connectivity index (χ2n) is 4.55. The van der Waals surface area contributed by atoms with Crippen LogP contribution in [-0.4, -0.2) is 34.6 Å². The number of carbonyl (C=O) groups excluding carboxylic acids is 1. The van der Waals surface area contributed by atoms with E-state index in [1.54, 1.807) is 0 Å². The molecule has 0 unspecified atom stereocenters. The van der Waals surface area contributed by atoms with Gasteiger partial charge in [-0.15, -0.1) is 0 Å². The first kappa shape index (κ1) is 16.6. The first-order valence-electron chi connectivity index (χ1n) is 6.54. The fraction of sp³-hybridized carbons (Fsp3) is 0.429. The van der Waals surface area contributed by atoms with Crippen molar-refractivity contribution in [1.82, 2.24) is 0 Å². The van der Waals surface area contributed by atoms with E-state index < -0.39 is 29.5 Å². The highest BCUT2D eigenvalue weighted by Gasteiger charge is 2.20. The second kappa shape index (κ2) is 8.68. The van der Waals surface area contributed by atoms with Crippen LogP contribution < -0.4 is 0 Å². The first-order valence-corrected chi connectivity index (χ1v) is 6.54. The molecule has 1 aromatic rings. The van der Waals surface area contributed by atoms with Crippen LogP contribution in [0.3, 0.4) is 0 Å². The third-order valence-corrected chi connectivity index (χ3v) is 2.79. The molecule has 0 aliphatic rings. The van der Waals surface area contributed by atoms with Gasteiger partial charge in [-0.3, -0.25) is 19.7 Å². The molecule has 7 heteroatoms. The molecule has 0 spiro atoms. The summed E-state index contributed by atoms with van der Waals surface area (Å²) in [6.07, 6.45) is -0.603. The average Bonchev–Trinajstić information content (AvgIpc) is 2.43. The van der Waals surface area contributed by atoms with Gasteiger partial charge in [-0.2, -0.15) is 0 Å². The van der Waals surface area contributed by atoms with E-state index in [2.05, 4.69) is 0 Å². The molecule has 0 aliphatic carbocycles. The number of aliphatic carboxylic acids is 1. The molecule has 0 saturated heterocycles. The van der Waals surface area contributed by atoms with Gasteiger partial charge in [-0.05, 0) is 18.4 Å². The van der Waals surface area contributed by atoms with Crippen LogP contribution in [-0.2, 0) is 20.7 Å². The molecule has 0 bridgehead atoms. The average molecular weight is 295 g/mol. The lowest BCUT2D eigenvalue weighted by Crippen LogP contribution is -2.27. The van der Waals surface area contributed by atoms with E-state index in [9.17, 15) is 19.7 Å². The fourth-order valence-electron chi connectivity index (χ4n) is 1.78. The molecule has 1 aromatic carbocycles. The maximum absolute atomic E-state index is 11.4. The van der Waals surface area contributed by atoms with Crippen LogP contribution in [0.5, 0.6) is 0 Å². The minimum atomic E-state index is -1.11. The van der Waals surface area contributed by atoms with Crippen molar-refractivity contribution < 1.29 is 24.4 Å². The van der Waals surface area contributed by atoms with Crippen molar-refractivity contribution in [2.45, 2.75) is 31.8 Å². The molecule has 1 N–H and O–H groups in total. The van der Waals surface area contributed by atoms with Gasteiger partial charge in [0.1, 0.15) is 0 Å². The van der Waals surface area contributed by atoms with Crippen molar-refractivity contribution in [3.05, 3.63) is 46.0 Å². The van der Waals surface area contributed by atoms with E-state index in [4.69, 9.17) is 9.84 Å². The van der Waals surface area contributed by atoms with E-state index in [-0.39, 0.29) is 12.8 Å². The van der Waals surface area contributed by atoms with Crippen molar-refractivity contribution >= 4 is 11.9 Å². The van der Waals surface area contributed by atoms with Gasteiger partial charge in [0, 0.05) is 4.92 Å². The Labute approximate surface area is 121 Å². The normalized spacial score (nSPS) is 11.6. The molecular formula is C14H17NO6. The van der Waals surface area contributed by atoms with E-state index in [0.29, 0.717) is 12.8 Å². The van der Waals surface area contributed by atoms with Gasteiger partial charge in [-0.1, -0.05) is 30.3 Å². The maximum atomic E-state index is 11.4. The lowest BCUT2D eigenvalue weighted by molar-refractivity contribution is -0.490. The number of nitro groups is 1. The molecule has 0 radical (unpaired) electrons. The van der Waals surface area contributed by atoms with Gasteiger partial charge < -0.3 is 9.84 Å². The van der Waals surface area contributed by atoms with Crippen LogP contribution in [0.4, 0.5) is 0 Å². The minimum Gasteiger partial charge on any atom is -0.481 e. The topological polar surface area (TPSA) is 107 Å². The van der Waals surface area contributed by atoms with Crippen molar-refractivity contribution in [1.29, 1.82) is 0 Å². The highest BCUT2D eigenvalue weighted by atomic mass is 16.6. The Morgan fingerprint density at radius 1 is 1.24 bits per heavy atom. The molecule has 114 valence electrons. The summed E-state index contributed by atoms with van der Waals surface area (Å²) in [5.74, 6) is -1.83. The van der Waals surface area contributed by atoms with Gasteiger partial charge in [0.25, 0.3) is 0 Å². The molecule has 1 rings (SSSR count). The number of aryl methyl sites for hydroxylation is 1. The molecule has 0 heterocycles. The number of carbonyl (C=O) groups is 2. The standard InChI is InChI=1S/C14H17NO6/c16-13(17)8-9-14(18)21-12(10-15(19)20)7-6-11-4-2-1-3-5-11/h1-5,12H,6-10H2,(H,16,17)/t12-/m0/s1. The van der Waals surface area contributed by atoms with Crippen molar-refractivity contribution in [2.75, 3.05) is 6.54 Å². The summed E-state index contributed by atoms with van der Waals surface area (Å²) in [6, 6.07) is 9.35. The lowest BCUT2D eigenvalue weighted by atomic mass is 10.1. The molecule has 0 aliphatic heterocycles. The van der Waals surface area contributed by atoms with Gasteiger partial charge >= 0.3 is 11.9 Å². The largest absolute Gasteiger partial charge is 0.481 e. The van der Waals surface area contributed by atoms with Crippen LogP contribution in [0.1, 0.15) is 24.8 Å². The van der Waals surface area contributed by atoms with Gasteiger partial charge in [0.05, 0.1) is 12.8 Å². The summed E-state index contributed by atoms with van der Waals surface area (Å²) in [5, 5.41) is 19.1. The first-order chi connectivity index (χ1) is 9.97. The zero-order valence-electron chi connectivity index (χ0n) is 11.4. The van der Waals surface area contributed by atoms with E-state index in [1.807, 2.05) is 30.3 Å². The van der Waals surface area contributed by atoms with Crippen molar-refractivity contribution in [3.63, 3.8) is 0 Å². The number of benzene rings is 1. The smallest absolute Gasteiger partial charge is 0.306 e. The summed E-state index contributed by atoms with van der Waals surface area (Å²) >= 11 is 0. The van der Waals surface area contributed by atoms with E-state index in [1.165, 1.54) is 0 Å². The van der Waals surface area contributed by atoms with Gasteiger partial charge in [0.2, 0.25) is 6.54 Å². The highest BCUT2D eigenvalue weighted by molar-refractivity contribution is 5.76. The third kappa shape index (κ3) is 7.66. The fourth-order valence-corrected chi connectivity index (χ4v) is 1.78. The predicted molar refractivity (Wildman–Crippen MR) is 73.4 cm³/mol. The Bertz CT molecular complexity index is 487. The van der Waals surface area contributed by atoms with Crippen LogP contribution in [0.25, 0.3) is 0 Å². The van der Waals surface area contributed by atoms with Gasteiger partial charge in [-0.25, -0.2) is 0 Å². The summed E-state index contributed by atoms with van der Waals surface area (Å²) in [4.78, 5) is 31.9. The monoisotopic (exact) mass is 295 g/mol. The molecule has 0 saturated carbocycles. The zero-order valence-corrected chi connectivity index (χ0v) is 11.4. The molecule has 0 amide bonds.